The molecule has 0 spiro atoms. The summed E-state index contributed by atoms with van der Waals surface area (Å²) in [5.74, 6) is -0.980. The van der Waals surface area contributed by atoms with E-state index in [0.717, 1.165) is 25.8 Å². The monoisotopic (exact) mass is 270 g/mol. The summed E-state index contributed by atoms with van der Waals surface area (Å²) in [4.78, 5) is 22.8. The molecule has 6 nitrogen and oxygen atoms in total. The van der Waals surface area contributed by atoms with Gasteiger partial charge in [0.05, 0.1) is 19.1 Å². The van der Waals surface area contributed by atoms with E-state index in [4.69, 9.17) is 9.84 Å². The second-order valence-corrected chi connectivity index (χ2v) is 5.37. The lowest BCUT2D eigenvalue weighted by atomic mass is 9.96. The summed E-state index contributed by atoms with van der Waals surface area (Å²) < 4.78 is 5.29. The fourth-order valence-electron chi connectivity index (χ4n) is 2.90. The molecule has 2 aliphatic rings. The Bertz CT molecular complexity index is 329. The predicted molar refractivity (Wildman–Crippen MR) is 68.7 cm³/mol. The summed E-state index contributed by atoms with van der Waals surface area (Å²) in [6.07, 6.45) is 2.95. The number of morpholine rings is 1. The van der Waals surface area contributed by atoms with E-state index < -0.39 is 5.97 Å². The largest absolute Gasteiger partial charge is 0.481 e. The molecular weight excluding hydrogens is 248 g/mol. The van der Waals surface area contributed by atoms with Crippen molar-refractivity contribution >= 4 is 11.9 Å². The van der Waals surface area contributed by atoms with E-state index in [1.807, 2.05) is 0 Å². The minimum Gasteiger partial charge on any atom is -0.481 e. The number of carbonyl (C=O) groups excluding carboxylic acids is 1. The van der Waals surface area contributed by atoms with Crippen LogP contribution >= 0.6 is 0 Å². The third-order valence-corrected chi connectivity index (χ3v) is 3.97. The first-order valence-electron chi connectivity index (χ1n) is 6.97. The second-order valence-electron chi connectivity index (χ2n) is 5.37. The van der Waals surface area contributed by atoms with Crippen molar-refractivity contribution < 1.29 is 19.4 Å². The third kappa shape index (κ3) is 4.18. The first-order chi connectivity index (χ1) is 9.16. The fraction of sp³-hybridized carbons (Fsp3) is 0.846. The van der Waals surface area contributed by atoms with Gasteiger partial charge in [0.15, 0.2) is 0 Å². The summed E-state index contributed by atoms with van der Waals surface area (Å²) in [5.41, 5.74) is 0. The van der Waals surface area contributed by atoms with Gasteiger partial charge in [0.2, 0.25) is 5.91 Å². The van der Waals surface area contributed by atoms with Crippen LogP contribution in [-0.2, 0) is 14.3 Å². The van der Waals surface area contributed by atoms with Gasteiger partial charge in [-0.3, -0.25) is 9.59 Å². The molecule has 0 bridgehead atoms. The Hall–Kier alpha value is -1.14. The Kier molecular flexibility index (Phi) is 5.15. The first-order valence-corrected chi connectivity index (χ1v) is 6.97. The van der Waals surface area contributed by atoms with Crippen molar-refractivity contribution in [3.05, 3.63) is 0 Å². The average molecular weight is 270 g/mol. The number of hydrogen-bond donors (Lipinski definition) is 3. The molecule has 0 radical (unpaired) electrons. The summed E-state index contributed by atoms with van der Waals surface area (Å²) in [6.45, 7) is 2.51. The van der Waals surface area contributed by atoms with Gasteiger partial charge < -0.3 is 20.5 Å². The predicted octanol–water partition coefficient (Wildman–Crippen LogP) is -0.0180. The number of nitrogens with one attached hydrogen (secondary N) is 2. The van der Waals surface area contributed by atoms with Crippen molar-refractivity contribution in [2.24, 2.45) is 11.8 Å². The standard InChI is InChI=1S/C13H22N2O4/c16-12(6-10-8-19-5-4-14-10)15-7-9-2-1-3-11(9)13(17)18/h9-11,14H,1-8H2,(H,15,16)(H,17,18). The molecule has 1 aliphatic heterocycles. The van der Waals surface area contributed by atoms with Crippen LogP contribution in [0.4, 0.5) is 0 Å². The highest BCUT2D eigenvalue weighted by Gasteiger charge is 2.32. The first kappa shape index (κ1) is 14.3. The lowest BCUT2D eigenvalue weighted by Gasteiger charge is -2.23. The van der Waals surface area contributed by atoms with E-state index in [0.29, 0.717) is 26.2 Å². The van der Waals surface area contributed by atoms with Crippen molar-refractivity contribution in [1.29, 1.82) is 0 Å². The van der Waals surface area contributed by atoms with Crippen LogP contribution in [0.2, 0.25) is 0 Å². The molecule has 19 heavy (non-hydrogen) atoms. The quantitative estimate of drug-likeness (QED) is 0.653. The van der Waals surface area contributed by atoms with Crippen molar-refractivity contribution in [3.63, 3.8) is 0 Å². The summed E-state index contributed by atoms with van der Waals surface area (Å²) >= 11 is 0. The molecule has 108 valence electrons. The Balaban J connectivity index is 1.69. The molecule has 1 amide bonds. The van der Waals surface area contributed by atoms with E-state index in [9.17, 15) is 9.59 Å². The third-order valence-electron chi connectivity index (χ3n) is 3.97. The zero-order valence-corrected chi connectivity index (χ0v) is 11.1. The number of aliphatic carboxylic acids is 1. The van der Waals surface area contributed by atoms with E-state index in [1.165, 1.54) is 0 Å². The van der Waals surface area contributed by atoms with Crippen molar-refractivity contribution in [2.45, 2.75) is 31.7 Å². The Labute approximate surface area is 112 Å². The van der Waals surface area contributed by atoms with Crippen LogP contribution in [0.3, 0.4) is 0 Å². The highest BCUT2D eigenvalue weighted by molar-refractivity contribution is 5.76. The average Bonchev–Trinajstić information content (AvgIpc) is 2.86. The highest BCUT2D eigenvalue weighted by atomic mass is 16.5. The van der Waals surface area contributed by atoms with Crippen LogP contribution in [0.15, 0.2) is 0 Å². The van der Waals surface area contributed by atoms with Gasteiger partial charge in [0.1, 0.15) is 0 Å². The van der Waals surface area contributed by atoms with Gasteiger partial charge >= 0.3 is 5.97 Å². The number of carboxylic acids is 1. The fourth-order valence-corrected chi connectivity index (χ4v) is 2.90. The van der Waals surface area contributed by atoms with E-state index in [1.54, 1.807) is 0 Å². The molecule has 1 heterocycles. The van der Waals surface area contributed by atoms with Gasteiger partial charge in [0, 0.05) is 25.6 Å². The van der Waals surface area contributed by atoms with Gasteiger partial charge in [-0.1, -0.05) is 6.42 Å². The molecular formula is C13H22N2O4. The van der Waals surface area contributed by atoms with Crippen LogP contribution in [0.1, 0.15) is 25.7 Å². The summed E-state index contributed by atoms with van der Waals surface area (Å²) in [5, 5.41) is 15.2. The lowest BCUT2D eigenvalue weighted by molar-refractivity contribution is -0.143. The van der Waals surface area contributed by atoms with Crippen molar-refractivity contribution in [2.75, 3.05) is 26.3 Å². The Morgan fingerprint density at radius 3 is 2.89 bits per heavy atom. The maximum Gasteiger partial charge on any atom is 0.306 e. The molecule has 0 aromatic rings. The van der Waals surface area contributed by atoms with Crippen LogP contribution in [0, 0.1) is 11.8 Å². The van der Waals surface area contributed by atoms with Crippen LogP contribution in [0.5, 0.6) is 0 Å². The topological polar surface area (TPSA) is 87.7 Å². The number of carboxylic acid groups (broad SMARTS) is 1. The molecule has 1 saturated heterocycles. The molecule has 3 N–H and O–H groups in total. The minimum atomic E-state index is -0.737. The number of carbonyl (C=O) groups is 2. The Morgan fingerprint density at radius 1 is 1.37 bits per heavy atom. The van der Waals surface area contributed by atoms with Crippen LogP contribution < -0.4 is 10.6 Å². The smallest absolute Gasteiger partial charge is 0.306 e. The van der Waals surface area contributed by atoms with Gasteiger partial charge in [-0.2, -0.15) is 0 Å². The van der Waals surface area contributed by atoms with Crippen molar-refractivity contribution in [3.8, 4) is 0 Å². The SMILES string of the molecule is O=C(CC1COCCN1)NCC1CCCC1C(=O)O. The Morgan fingerprint density at radius 2 is 2.21 bits per heavy atom. The van der Waals surface area contributed by atoms with Gasteiger partial charge in [-0.25, -0.2) is 0 Å². The maximum atomic E-state index is 11.8. The molecule has 0 aromatic carbocycles. The molecule has 0 aromatic heterocycles. The van der Waals surface area contributed by atoms with Gasteiger partial charge in [0.25, 0.3) is 0 Å². The highest BCUT2D eigenvalue weighted by Crippen LogP contribution is 2.31. The van der Waals surface area contributed by atoms with Crippen molar-refractivity contribution in [1.82, 2.24) is 10.6 Å². The molecule has 3 atom stereocenters. The molecule has 2 fully saturated rings. The van der Waals surface area contributed by atoms with Gasteiger partial charge in [-0.15, -0.1) is 0 Å². The molecule has 6 heteroatoms. The normalized spacial score (nSPS) is 31.1. The lowest BCUT2D eigenvalue weighted by Crippen LogP contribution is -2.45. The van der Waals surface area contributed by atoms with Crippen LogP contribution in [-0.4, -0.2) is 49.3 Å². The van der Waals surface area contributed by atoms with E-state index >= 15 is 0 Å². The molecule has 2 rings (SSSR count). The number of rotatable bonds is 5. The summed E-state index contributed by atoms with van der Waals surface area (Å²) in [7, 11) is 0. The van der Waals surface area contributed by atoms with E-state index in [-0.39, 0.29) is 23.8 Å². The number of amides is 1. The molecule has 1 aliphatic carbocycles. The zero-order chi connectivity index (χ0) is 13.7. The second kappa shape index (κ2) is 6.86. The van der Waals surface area contributed by atoms with E-state index in [2.05, 4.69) is 10.6 Å². The van der Waals surface area contributed by atoms with Gasteiger partial charge in [-0.05, 0) is 18.8 Å². The maximum absolute atomic E-state index is 11.8. The molecule has 1 saturated carbocycles. The number of ether oxygens (including phenoxy) is 1. The van der Waals surface area contributed by atoms with Crippen LogP contribution in [0.25, 0.3) is 0 Å². The molecule has 3 unspecified atom stereocenters. The number of hydrogen-bond acceptors (Lipinski definition) is 4. The zero-order valence-electron chi connectivity index (χ0n) is 11.1. The summed E-state index contributed by atoms with van der Waals surface area (Å²) in [6, 6.07) is 0.0765. The minimum absolute atomic E-state index is 0.0287.